The molecule has 5 heteroatoms. The minimum atomic E-state index is -3.67. The van der Waals surface area contributed by atoms with Crippen LogP contribution >= 0.6 is 26.6 Å². The molecule has 84 valence electrons. The van der Waals surface area contributed by atoms with Gasteiger partial charge in [-0.2, -0.15) is 0 Å². The predicted molar refractivity (Wildman–Crippen MR) is 66.1 cm³/mol. The Bertz CT molecular complexity index is 492. The monoisotopic (exact) mass is 310 g/mol. The fraction of sp³-hybridized carbons (Fsp3) is 0.400. The second-order valence-corrected chi connectivity index (χ2v) is 6.88. The normalized spacial score (nSPS) is 11.9. The maximum atomic E-state index is 11.4. The third kappa shape index (κ3) is 2.22. The molecular weight excluding hydrogens is 300 g/mol. The van der Waals surface area contributed by atoms with Crippen LogP contribution in [0.3, 0.4) is 0 Å². The molecule has 0 fully saturated rings. The molecule has 0 aliphatic rings. The Kier molecular flexibility index (Phi) is 3.53. The summed E-state index contributed by atoms with van der Waals surface area (Å²) in [5.41, 5.74) is 3.25. The minimum Gasteiger partial charge on any atom is -0.207 e. The summed E-state index contributed by atoms with van der Waals surface area (Å²) in [6, 6.07) is 0. The fourth-order valence-corrected chi connectivity index (χ4v) is 3.92. The van der Waals surface area contributed by atoms with E-state index in [1.54, 1.807) is 13.8 Å². The lowest BCUT2D eigenvalue weighted by molar-refractivity contribution is 0.608. The summed E-state index contributed by atoms with van der Waals surface area (Å²) in [7, 11) is 1.75. The van der Waals surface area contributed by atoms with E-state index in [0.29, 0.717) is 11.1 Å². The molecule has 2 nitrogen and oxygen atoms in total. The molecule has 1 rings (SSSR count). The van der Waals surface area contributed by atoms with E-state index >= 15 is 0 Å². The largest absolute Gasteiger partial charge is 0.261 e. The van der Waals surface area contributed by atoms with Crippen LogP contribution < -0.4 is 0 Å². The maximum Gasteiger partial charge on any atom is 0.261 e. The quantitative estimate of drug-likeness (QED) is 0.743. The SMILES string of the molecule is Cc1c(C)c(S(=O)(=O)Cl)c(C)c(C)c1Br. The molecule has 0 saturated carbocycles. The summed E-state index contributed by atoms with van der Waals surface area (Å²) in [6.45, 7) is 7.28. The van der Waals surface area contributed by atoms with E-state index in [1.807, 2.05) is 13.8 Å². The molecule has 0 spiro atoms. The van der Waals surface area contributed by atoms with Gasteiger partial charge in [0.2, 0.25) is 0 Å². The Morgan fingerprint density at radius 3 is 1.53 bits per heavy atom. The Morgan fingerprint density at radius 2 is 1.27 bits per heavy atom. The van der Waals surface area contributed by atoms with Gasteiger partial charge in [0.1, 0.15) is 0 Å². The highest BCUT2D eigenvalue weighted by Crippen LogP contribution is 2.34. The first-order chi connectivity index (χ1) is 6.68. The lowest BCUT2D eigenvalue weighted by Crippen LogP contribution is -2.03. The van der Waals surface area contributed by atoms with E-state index in [2.05, 4.69) is 15.9 Å². The number of benzene rings is 1. The van der Waals surface area contributed by atoms with Gasteiger partial charge < -0.3 is 0 Å². The zero-order chi connectivity index (χ0) is 12.0. The van der Waals surface area contributed by atoms with Crippen LogP contribution in [0.4, 0.5) is 0 Å². The van der Waals surface area contributed by atoms with Crippen LogP contribution in [0.2, 0.25) is 0 Å². The summed E-state index contributed by atoms with van der Waals surface area (Å²) < 4.78 is 23.8. The number of rotatable bonds is 1. The molecule has 0 amide bonds. The standard InChI is InChI=1S/C10H12BrClO2S/c1-5-7(3)10(15(12,13)14)8(4)6(2)9(5)11/h1-4H3. The summed E-state index contributed by atoms with van der Waals surface area (Å²) >= 11 is 3.44. The summed E-state index contributed by atoms with van der Waals surface area (Å²) in [4.78, 5) is 0.238. The molecule has 15 heavy (non-hydrogen) atoms. The van der Waals surface area contributed by atoms with Crippen LogP contribution in [-0.4, -0.2) is 8.42 Å². The van der Waals surface area contributed by atoms with Crippen molar-refractivity contribution in [3.8, 4) is 0 Å². The molecule has 0 N–H and O–H groups in total. The van der Waals surface area contributed by atoms with Crippen molar-refractivity contribution in [2.75, 3.05) is 0 Å². The van der Waals surface area contributed by atoms with Crippen molar-refractivity contribution in [3.05, 3.63) is 26.7 Å². The third-order valence-electron chi connectivity index (χ3n) is 2.71. The van der Waals surface area contributed by atoms with Crippen LogP contribution in [0.5, 0.6) is 0 Å². The van der Waals surface area contributed by atoms with Gasteiger partial charge >= 0.3 is 0 Å². The van der Waals surface area contributed by atoms with E-state index in [9.17, 15) is 8.42 Å². The number of hydrogen-bond acceptors (Lipinski definition) is 2. The maximum absolute atomic E-state index is 11.4. The average molecular weight is 312 g/mol. The van der Waals surface area contributed by atoms with Gasteiger partial charge in [-0.3, -0.25) is 0 Å². The zero-order valence-corrected chi connectivity index (χ0v) is 12.1. The minimum absolute atomic E-state index is 0.238. The van der Waals surface area contributed by atoms with Crippen LogP contribution in [-0.2, 0) is 9.05 Å². The first kappa shape index (κ1) is 13.0. The highest BCUT2D eigenvalue weighted by atomic mass is 79.9. The molecular formula is C10H12BrClO2S. The summed E-state index contributed by atoms with van der Waals surface area (Å²) in [5.74, 6) is 0. The Balaban J connectivity index is 3.84. The second kappa shape index (κ2) is 4.07. The summed E-state index contributed by atoms with van der Waals surface area (Å²) in [5, 5.41) is 0. The van der Waals surface area contributed by atoms with E-state index in [0.717, 1.165) is 15.6 Å². The van der Waals surface area contributed by atoms with Gasteiger partial charge in [0.05, 0.1) is 4.90 Å². The van der Waals surface area contributed by atoms with E-state index in [-0.39, 0.29) is 4.90 Å². The van der Waals surface area contributed by atoms with Gasteiger partial charge in [0.15, 0.2) is 0 Å². The second-order valence-electron chi connectivity index (χ2n) is 3.58. The van der Waals surface area contributed by atoms with Crippen molar-refractivity contribution in [1.82, 2.24) is 0 Å². The molecule has 0 radical (unpaired) electrons. The highest BCUT2D eigenvalue weighted by molar-refractivity contribution is 9.10. The molecule has 0 atom stereocenters. The van der Waals surface area contributed by atoms with Crippen LogP contribution in [0.15, 0.2) is 9.37 Å². The van der Waals surface area contributed by atoms with Gasteiger partial charge in [-0.05, 0) is 49.9 Å². The lowest BCUT2D eigenvalue weighted by atomic mass is 10.0. The Morgan fingerprint density at radius 1 is 0.933 bits per heavy atom. The molecule has 0 aliphatic carbocycles. The van der Waals surface area contributed by atoms with Gasteiger partial charge in [0, 0.05) is 15.2 Å². The van der Waals surface area contributed by atoms with Crippen molar-refractivity contribution in [2.45, 2.75) is 32.6 Å². The van der Waals surface area contributed by atoms with E-state index < -0.39 is 9.05 Å². The molecule has 0 heterocycles. The smallest absolute Gasteiger partial charge is 0.207 e. The molecule has 0 unspecified atom stereocenters. The van der Waals surface area contributed by atoms with Crippen molar-refractivity contribution >= 4 is 35.7 Å². The zero-order valence-electron chi connectivity index (χ0n) is 8.98. The Hall–Kier alpha value is -0.0600. The summed E-state index contributed by atoms with van der Waals surface area (Å²) in [6.07, 6.45) is 0. The molecule has 1 aromatic carbocycles. The van der Waals surface area contributed by atoms with E-state index in [1.165, 1.54) is 0 Å². The predicted octanol–water partition coefficient (Wildman–Crippen LogP) is 3.61. The van der Waals surface area contributed by atoms with Gasteiger partial charge in [0.25, 0.3) is 9.05 Å². The number of hydrogen-bond donors (Lipinski definition) is 0. The first-order valence-electron chi connectivity index (χ1n) is 4.38. The highest BCUT2D eigenvalue weighted by Gasteiger charge is 2.21. The first-order valence-corrected chi connectivity index (χ1v) is 7.48. The topological polar surface area (TPSA) is 34.1 Å². The van der Waals surface area contributed by atoms with Gasteiger partial charge in [-0.15, -0.1) is 0 Å². The lowest BCUT2D eigenvalue weighted by Gasteiger charge is -2.15. The average Bonchev–Trinajstić information content (AvgIpc) is 2.09. The van der Waals surface area contributed by atoms with Gasteiger partial charge in [-0.1, -0.05) is 15.9 Å². The Labute approximate surface area is 103 Å². The van der Waals surface area contributed by atoms with E-state index in [4.69, 9.17) is 10.7 Å². The van der Waals surface area contributed by atoms with Crippen LogP contribution in [0, 0.1) is 27.7 Å². The van der Waals surface area contributed by atoms with Crippen LogP contribution in [0.25, 0.3) is 0 Å². The van der Waals surface area contributed by atoms with Crippen molar-refractivity contribution in [1.29, 1.82) is 0 Å². The van der Waals surface area contributed by atoms with Crippen molar-refractivity contribution in [2.24, 2.45) is 0 Å². The van der Waals surface area contributed by atoms with Crippen LogP contribution in [0.1, 0.15) is 22.3 Å². The molecule has 0 saturated heterocycles. The molecule has 0 aliphatic heterocycles. The molecule has 0 bridgehead atoms. The number of halogens is 2. The molecule has 0 aromatic heterocycles. The third-order valence-corrected chi connectivity index (χ3v) is 5.46. The van der Waals surface area contributed by atoms with Crippen molar-refractivity contribution in [3.63, 3.8) is 0 Å². The van der Waals surface area contributed by atoms with Gasteiger partial charge in [-0.25, -0.2) is 8.42 Å². The molecule has 1 aromatic rings. The van der Waals surface area contributed by atoms with Crippen molar-refractivity contribution < 1.29 is 8.42 Å². The fourth-order valence-electron chi connectivity index (χ4n) is 1.60.